The average molecular weight is 472 g/mol. The molecule has 10 heteroatoms. The van der Waals surface area contributed by atoms with Crippen LogP contribution in [0.4, 0.5) is 0 Å². The van der Waals surface area contributed by atoms with Crippen LogP contribution in [0.5, 0.6) is 11.5 Å². The van der Waals surface area contributed by atoms with Gasteiger partial charge in [0.2, 0.25) is 0 Å². The monoisotopic (exact) mass is 471 g/mol. The lowest BCUT2D eigenvalue weighted by atomic mass is 10.2. The number of carbonyl (C=O) groups is 2. The third-order valence-corrected chi connectivity index (χ3v) is 5.80. The van der Waals surface area contributed by atoms with Crippen LogP contribution in [-0.4, -0.2) is 48.7 Å². The number of amides is 1. The van der Waals surface area contributed by atoms with E-state index in [9.17, 15) is 14.4 Å². The van der Waals surface area contributed by atoms with Crippen molar-refractivity contribution in [3.63, 3.8) is 0 Å². The molecule has 2 N–H and O–H groups in total. The van der Waals surface area contributed by atoms with Crippen LogP contribution in [0.3, 0.4) is 0 Å². The normalized spacial score (nSPS) is 11.0. The molecule has 0 fully saturated rings. The molecular weight excluding hydrogens is 446 g/mol. The van der Waals surface area contributed by atoms with Crippen LogP contribution < -0.4 is 20.3 Å². The number of esters is 1. The summed E-state index contributed by atoms with van der Waals surface area (Å²) in [5.74, 6) is 0.570. The number of carbonyl (C=O) groups excluding carboxylic acids is 2. The fourth-order valence-electron chi connectivity index (χ4n) is 3.10. The van der Waals surface area contributed by atoms with E-state index in [1.54, 1.807) is 44.2 Å². The number of methoxy groups -OCH3 is 1. The number of aromatic amines is 1. The molecule has 0 unspecified atom stereocenters. The predicted octanol–water partition coefficient (Wildman–Crippen LogP) is 3.16. The second-order valence-corrected chi connectivity index (χ2v) is 7.89. The van der Waals surface area contributed by atoms with E-state index in [-0.39, 0.29) is 24.7 Å². The SMILES string of the molecule is CCNC(=O)COc1ccc(/C=C/c2nc3sc(C(=O)OCC)c(C)c3c(=O)[nH]2)cc1OC. The molecule has 1 aromatic carbocycles. The van der Waals surface area contributed by atoms with E-state index in [1.807, 2.05) is 6.92 Å². The van der Waals surface area contributed by atoms with E-state index in [1.165, 1.54) is 7.11 Å². The molecule has 0 aliphatic carbocycles. The number of hydrogen-bond acceptors (Lipinski definition) is 8. The molecule has 0 saturated carbocycles. The maximum absolute atomic E-state index is 12.6. The van der Waals surface area contributed by atoms with Crippen molar-refractivity contribution < 1.29 is 23.8 Å². The second-order valence-electron chi connectivity index (χ2n) is 6.89. The fourth-order valence-corrected chi connectivity index (χ4v) is 4.19. The first kappa shape index (κ1) is 24.0. The second kappa shape index (κ2) is 10.8. The van der Waals surface area contributed by atoms with Gasteiger partial charge in [-0.25, -0.2) is 9.78 Å². The summed E-state index contributed by atoms with van der Waals surface area (Å²) in [6.07, 6.45) is 3.41. The number of H-pyrrole nitrogens is 1. The molecule has 0 aliphatic rings. The summed E-state index contributed by atoms with van der Waals surface area (Å²) in [6.45, 7) is 5.94. The van der Waals surface area contributed by atoms with E-state index in [4.69, 9.17) is 14.2 Å². The Morgan fingerprint density at radius 2 is 2.00 bits per heavy atom. The first-order chi connectivity index (χ1) is 15.9. The van der Waals surface area contributed by atoms with Crippen LogP contribution in [0, 0.1) is 6.92 Å². The van der Waals surface area contributed by atoms with Gasteiger partial charge in [-0.2, -0.15) is 0 Å². The minimum absolute atomic E-state index is 0.113. The zero-order valence-electron chi connectivity index (χ0n) is 18.8. The molecule has 3 rings (SSSR count). The lowest BCUT2D eigenvalue weighted by Gasteiger charge is -2.11. The summed E-state index contributed by atoms with van der Waals surface area (Å²) in [5.41, 5.74) is 1.01. The topological polar surface area (TPSA) is 120 Å². The molecule has 0 aliphatic heterocycles. The number of aryl methyl sites for hydroxylation is 1. The predicted molar refractivity (Wildman–Crippen MR) is 127 cm³/mol. The third kappa shape index (κ3) is 5.58. The first-order valence-corrected chi connectivity index (χ1v) is 11.2. The summed E-state index contributed by atoms with van der Waals surface area (Å²) in [5, 5.41) is 3.05. The Hall–Kier alpha value is -3.66. The van der Waals surface area contributed by atoms with Gasteiger partial charge in [0.15, 0.2) is 18.1 Å². The van der Waals surface area contributed by atoms with E-state index in [0.717, 1.165) is 16.9 Å². The van der Waals surface area contributed by atoms with Gasteiger partial charge in [-0.05, 0) is 50.1 Å². The van der Waals surface area contributed by atoms with Crippen LogP contribution in [-0.2, 0) is 9.53 Å². The molecule has 0 bridgehead atoms. The number of fused-ring (bicyclic) bond motifs is 1. The number of aromatic nitrogens is 2. The van der Waals surface area contributed by atoms with E-state index >= 15 is 0 Å². The lowest BCUT2D eigenvalue weighted by molar-refractivity contribution is -0.123. The van der Waals surface area contributed by atoms with E-state index in [0.29, 0.717) is 44.5 Å². The Balaban J connectivity index is 1.84. The van der Waals surface area contributed by atoms with E-state index in [2.05, 4.69) is 15.3 Å². The summed E-state index contributed by atoms with van der Waals surface area (Å²) in [6, 6.07) is 5.23. The van der Waals surface area contributed by atoms with Gasteiger partial charge >= 0.3 is 5.97 Å². The molecule has 9 nitrogen and oxygen atoms in total. The molecule has 0 radical (unpaired) electrons. The van der Waals surface area contributed by atoms with E-state index < -0.39 is 5.97 Å². The Morgan fingerprint density at radius 1 is 1.21 bits per heavy atom. The first-order valence-electron chi connectivity index (χ1n) is 10.3. The van der Waals surface area contributed by atoms with Gasteiger partial charge in [0.1, 0.15) is 15.5 Å². The van der Waals surface area contributed by atoms with Crippen LogP contribution in [0.1, 0.15) is 40.5 Å². The Bertz CT molecular complexity index is 1260. The van der Waals surface area contributed by atoms with Crippen molar-refractivity contribution in [2.75, 3.05) is 26.9 Å². The maximum atomic E-state index is 12.6. The van der Waals surface area contributed by atoms with Crippen molar-refractivity contribution in [3.8, 4) is 11.5 Å². The minimum atomic E-state index is -0.462. The molecule has 0 saturated heterocycles. The molecule has 1 amide bonds. The zero-order chi connectivity index (χ0) is 24.0. The number of thiophene rings is 1. The Labute approximate surface area is 194 Å². The van der Waals surface area contributed by atoms with Gasteiger partial charge in [0, 0.05) is 6.54 Å². The number of nitrogens with zero attached hydrogens (tertiary/aromatic N) is 1. The van der Waals surface area contributed by atoms with Crippen molar-refractivity contribution in [2.45, 2.75) is 20.8 Å². The van der Waals surface area contributed by atoms with Crippen LogP contribution in [0.15, 0.2) is 23.0 Å². The maximum Gasteiger partial charge on any atom is 0.348 e. The highest BCUT2D eigenvalue weighted by atomic mass is 32.1. The third-order valence-electron chi connectivity index (χ3n) is 4.63. The van der Waals surface area contributed by atoms with Gasteiger partial charge in [-0.1, -0.05) is 12.1 Å². The molecule has 174 valence electrons. The van der Waals surface area contributed by atoms with Crippen molar-refractivity contribution in [3.05, 3.63) is 50.4 Å². The quantitative estimate of drug-likeness (QED) is 0.460. The summed E-state index contributed by atoms with van der Waals surface area (Å²) in [4.78, 5) is 44.4. The highest BCUT2D eigenvalue weighted by Crippen LogP contribution is 2.30. The molecule has 2 aromatic heterocycles. The summed E-state index contributed by atoms with van der Waals surface area (Å²) in [7, 11) is 1.51. The Kier molecular flexibility index (Phi) is 7.83. The minimum Gasteiger partial charge on any atom is -0.493 e. The van der Waals surface area contributed by atoms with Crippen molar-refractivity contribution in [1.82, 2.24) is 15.3 Å². The molecule has 3 aromatic rings. The number of hydrogen-bond donors (Lipinski definition) is 2. The molecule has 33 heavy (non-hydrogen) atoms. The van der Waals surface area contributed by atoms with Crippen LogP contribution in [0.25, 0.3) is 22.4 Å². The number of ether oxygens (including phenoxy) is 3. The number of likely N-dealkylation sites (N-methyl/N-ethyl adjacent to an activating group) is 1. The van der Waals surface area contributed by atoms with Gasteiger partial charge in [0.05, 0.1) is 19.1 Å². The van der Waals surface area contributed by atoms with Crippen molar-refractivity contribution in [2.24, 2.45) is 0 Å². The summed E-state index contributed by atoms with van der Waals surface area (Å²) < 4.78 is 15.9. The number of rotatable bonds is 9. The van der Waals surface area contributed by atoms with Gasteiger partial charge in [-0.15, -0.1) is 11.3 Å². The zero-order valence-corrected chi connectivity index (χ0v) is 19.6. The molecule has 0 spiro atoms. The Morgan fingerprint density at radius 3 is 2.70 bits per heavy atom. The van der Waals surface area contributed by atoms with Crippen molar-refractivity contribution >= 4 is 45.6 Å². The molecular formula is C23H25N3O6S. The van der Waals surface area contributed by atoms with Gasteiger partial charge < -0.3 is 24.5 Å². The highest BCUT2D eigenvalue weighted by Gasteiger charge is 2.19. The average Bonchev–Trinajstić information content (AvgIpc) is 3.13. The molecule has 2 heterocycles. The molecule has 0 atom stereocenters. The standard InChI is InChI=1S/C23H25N3O6S/c1-5-24-18(27)12-32-15-9-7-14(11-16(15)30-4)8-10-17-25-21(28)19-13(3)20(23(29)31-6-2)33-22(19)26-17/h7-11H,5-6,12H2,1-4H3,(H,24,27)(H,25,26,28)/b10-8+. The van der Waals surface area contributed by atoms with Crippen LogP contribution in [0.2, 0.25) is 0 Å². The van der Waals surface area contributed by atoms with Gasteiger partial charge in [-0.3, -0.25) is 9.59 Å². The lowest BCUT2D eigenvalue weighted by Crippen LogP contribution is -2.28. The smallest absolute Gasteiger partial charge is 0.348 e. The summed E-state index contributed by atoms with van der Waals surface area (Å²) >= 11 is 1.13. The van der Waals surface area contributed by atoms with Gasteiger partial charge in [0.25, 0.3) is 11.5 Å². The van der Waals surface area contributed by atoms with Crippen molar-refractivity contribution in [1.29, 1.82) is 0 Å². The number of nitrogens with one attached hydrogen (secondary N) is 2. The largest absolute Gasteiger partial charge is 0.493 e. The number of benzene rings is 1. The fraction of sp³-hybridized carbons (Fsp3) is 0.304. The highest BCUT2D eigenvalue weighted by molar-refractivity contribution is 7.20. The van der Waals surface area contributed by atoms with Crippen LogP contribution >= 0.6 is 11.3 Å².